The molecular weight excluding hydrogens is 591 g/mol. The Bertz CT molecular complexity index is 1680. The van der Waals surface area contributed by atoms with Gasteiger partial charge in [-0.1, -0.05) is 71.4 Å². The van der Waals surface area contributed by atoms with E-state index in [4.69, 9.17) is 27.6 Å². The van der Waals surface area contributed by atoms with Crippen LogP contribution in [-0.4, -0.2) is 17.6 Å². The summed E-state index contributed by atoms with van der Waals surface area (Å²) < 4.78 is 5.70. The third kappa shape index (κ3) is 6.24. The molecule has 1 aromatic heterocycles. The number of hydrogen-bond acceptors (Lipinski definition) is 6. The number of halogens is 2. The number of anilines is 3. The van der Waals surface area contributed by atoms with Crippen molar-refractivity contribution in [2.45, 2.75) is 12.8 Å². The molecule has 2 amide bonds. The van der Waals surface area contributed by atoms with Crippen LogP contribution in [0.4, 0.5) is 17.1 Å². The van der Waals surface area contributed by atoms with Crippen LogP contribution in [0.25, 0.3) is 0 Å². The van der Waals surface area contributed by atoms with E-state index < -0.39 is 11.8 Å². The highest BCUT2D eigenvalue weighted by Crippen LogP contribution is 2.42. The van der Waals surface area contributed by atoms with Crippen LogP contribution in [0.15, 0.2) is 124 Å². The third-order valence-electron chi connectivity index (χ3n) is 6.52. The monoisotopic (exact) mass is 614 g/mol. The zero-order chi connectivity index (χ0) is 29.6. The highest BCUT2D eigenvalue weighted by molar-refractivity contribution is 8.03. The minimum absolute atomic E-state index is 0.0252. The topological polar surface area (TPSA) is 98.4 Å². The van der Waals surface area contributed by atoms with Crippen molar-refractivity contribution in [3.05, 3.63) is 135 Å². The highest BCUT2D eigenvalue weighted by atomic mass is 35.5. The number of nitriles is 1. The van der Waals surface area contributed by atoms with Crippen LogP contribution < -0.4 is 15.5 Å². The van der Waals surface area contributed by atoms with Crippen LogP contribution in [0.3, 0.4) is 0 Å². The summed E-state index contributed by atoms with van der Waals surface area (Å²) in [5.74, 6) is -1.01. The number of rotatable bonds is 8. The number of furan rings is 1. The molecule has 2 N–H and O–H groups in total. The molecule has 210 valence electrons. The van der Waals surface area contributed by atoms with Gasteiger partial charge in [-0.2, -0.15) is 5.26 Å². The molecule has 0 spiro atoms. The van der Waals surface area contributed by atoms with Crippen molar-refractivity contribution in [1.29, 1.82) is 5.26 Å². The number of para-hydroxylation sites is 2. The van der Waals surface area contributed by atoms with E-state index in [0.717, 1.165) is 11.4 Å². The van der Waals surface area contributed by atoms with E-state index in [-0.39, 0.29) is 22.3 Å². The molecule has 1 unspecified atom stereocenters. The van der Waals surface area contributed by atoms with E-state index in [1.165, 1.54) is 24.1 Å². The largest absolute Gasteiger partial charge is 0.468 e. The molecule has 10 heteroatoms. The van der Waals surface area contributed by atoms with Crippen molar-refractivity contribution in [2.75, 3.05) is 16.0 Å². The summed E-state index contributed by atoms with van der Waals surface area (Å²) >= 11 is 13.5. The molecule has 0 aliphatic carbocycles. The molecule has 0 radical (unpaired) electrons. The number of nitrogens with one attached hydrogen (secondary N) is 2. The number of hydrogen-bond donors (Lipinski definition) is 2. The van der Waals surface area contributed by atoms with Crippen molar-refractivity contribution >= 4 is 63.8 Å². The van der Waals surface area contributed by atoms with Gasteiger partial charge in [0, 0.05) is 22.1 Å². The van der Waals surface area contributed by atoms with Crippen molar-refractivity contribution in [1.82, 2.24) is 5.32 Å². The fraction of sp³-hybridized carbons (Fsp3) is 0.0938. The first-order valence-electron chi connectivity index (χ1n) is 12.8. The van der Waals surface area contributed by atoms with Crippen molar-refractivity contribution in [3.63, 3.8) is 0 Å². The minimum Gasteiger partial charge on any atom is -0.468 e. The number of allylic oxidation sites excluding steroid dienone is 2. The van der Waals surface area contributed by atoms with Crippen LogP contribution in [0.5, 0.6) is 0 Å². The van der Waals surface area contributed by atoms with Crippen LogP contribution >= 0.6 is 35.0 Å². The molecule has 42 heavy (non-hydrogen) atoms. The lowest BCUT2D eigenvalue weighted by Crippen LogP contribution is -2.32. The van der Waals surface area contributed by atoms with E-state index in [1.54, 1.807) is 36.1 Å². The van der Waals surface area contributed by atoms with Gasteiger partial charge in [-0.3, -0.25) is 14.5 Å². The predicted molar refractivity (Wildman–Crippen MR) is 168 cm³/mol. The van der Waals surface area contributed by atoms with E-state index in [1.807, 2.05) is 60.7 Å². The number of benzene rings is 3. The van der Waals surface area contributed by atoms with Gasteiger partial charge in [-0.15, -0.1) is 0 Å². The average Bonchev–Trinajstić information content (AvgIpc) is 3.53. The lowest BCUT2D eigenvalue weighted by Gasteiger charge is -2.29. The Kier molecular flexibility index (Phi) is 9.03. The van der Waals surface area contributed by atoms with Crippen LogP contribution in [0, 0.1) is 11.3 Å². The smallest absolute Gasteiger partial charge is 0.254 e. The molecule has 1 aliphatic rings. The molecule has 4 aromatic rings. The van der Waals surface area contributed by atoms with Gasteiger partial charge in [0.25, 0.3) is 5.91 Å². The Hall–Kier alpha value is -4.42. The van der Waals surface area contributed by atoms with E-state index >= 15 is 0 Å². The molecule has 0 saturated heterocycles. The normalized spacial score (nSPS) is 14.7. The summed E-state index contributed by atoms with van der Waals surface area (Å²) in [6.45, 7) is 1.74. The molecule has 2 heterocycles. The Morgan fingerprint density at radius 3 is 2.24 bits per heavy atom. The van der Waals surface area contributed by atoms with Gasteiger partial charge in [0.15, 0.2) is 0 Å². The maximum Gasteiger partial charge on any atom is 0.254 e. The zero-order valence-electron chi connectivity index (χ0n) is 22.3. The zero-order valence-corrected chi connectivity index (χ0v) is 24.6. The third-order valence-corrected chi connectivity index (χ3v) is 8.07. The van der Waals surface area contributed by atoms with Gasteiger partial charge < -0.3 is 15.1 Å². The Balaban J connectivity index is 1.45. The van der Waals surface area contributed by atoms with Crippen molar-refractivity contribution in [2.24, 2.45) is 0 Å². The lowest BCUT2D eigenvalue weighted by atomic mass is 9.85. The first-order valence-corrected chi connectivity index (χ1v) is 14.6. The van der Waals surface area contributed by atoms with E-state index in [2.05, 4.69) is 16.7 Å². The summed E-state index contributed by atoms with van der Waals surface area (Å²) in [5.41, 5.74) is 2.88. The quantitative estimate of drug-likeness (QED) is 0.208. The molecular formula is C32H24Cl2N4O3S. The van der Waals surface area contributed by atoms with Gasteiger partial charge in [0.1, 0.15) is 5.76 Å². The van der Waals surface area contributed by atoms with Crippen LogP contribution in [0.1, 0.15) is 18.6 Å². The number of carbonyl (C=O) groups excluding carboxylic acids is 2. The maximum absolute atomic E-state index is 13.7. The van der Waals surface area contributed by atoms with E-state index in [9.17, 15) is 14.9 Å². The SMILES string of the molecule is CC1=C(C(=O)Nc2ccc(Cl)cc2Cl)C(c2ccco2)C(C#N)=C(SCC(=O)N(c2ccccc2)c2ccccc2)N1. The van der Waals surface area contributed by atoms with Crippen LogP contribution in [-0.2, 0) is 9.59 Å². The highest BCUT2D eigenvalue weighted by Gasteiger charge is 2.37. The molecule has 0 fully saturated rings. The van der Waals surface area contributed by atoms with Gasteiger partial charge in [0.05, 0.1) is 50.9 Å². The lowest BCUT2D eigenvalue weighted by molar-refractivity contribution is -0.115. The number of nitrogens with zero attached hydrogens (tertiary/aromatic N) is 2. The summed E-state index contributed by atoms with van der Waals surface area (Å²) in [7, 11) is 0. The number of carbonyl (C=O) groups is 2. The molecule has 0 saturated carbocycles. The number of thioether (sulfide) groups is 1. The molecule has 1 atom stereocenters. The maximum atomic E-state index is 13.7. The van der Waals surface area contributed by atoms with Gasteiger partial charge in [-0.25, -0.2) is 0 Å². The van der Waals surface area contributed by atoms with Gasteiger partial charge in [-0.05, 0) is 61.5 Å². The predicted octanol–water partition coefficient (Wildman–Crippen LogP) is 8.02. The fourth-order valence-corrected chi connectivity index (χ4v) is 6.03. The second-order valence-electron chi connectivity index (χ2n) is 9.23. The molecule has 0 bridgehead atoms. The molecule has 1 aliphatic heterocycles. The van der Waals surface area contributed by atoms with E-state index in [0.29, 0.717) is 32.8 Å². The summed E-state index contributed by atoms with van der Waals surface area (Å²) in [5, 5.41) is 17.5. The van der Waals surface area contributed by atoms with Crippen molar-refractivity contribution < 1.29 is 14.0 Å². The summed E-state index contributed by atoms with van der Waals surface area (Å²) in [6, 6.07) is 29.1. The first-order chi connectivity index (χ1) is 20.4. The van der Waals surface area contributed by atoms with Crippen LogP contribution in [0.2, 0.25) is 10.0 Å². The molecule has 5 rings (SSSR count). The van der Waals surface area contributed by atoms with Gasteiger partial charge in [0.2, 0.25) is 5.91 Å². The summed E-state index contributed by atoms with van der Waals surface area (Å²) in [6.07, 6.45) is 1.49. The Morgan fingerprint density at radius 2 is 1.67 bits per heavy atom. The number of amides is 2. The second kappa shape index (κ2) is 13.0. The molecule has 7 nitrogen and oxygen atoms in total. The standard InChI is InChI=1S/C32H24Cl2N4O3S/c1-20-29(31(40)37-26-15-14-21(33)17-25(26)34)30(27-13-8-16-41-27)24(18-35)32(36-20)42-19-28(39)38(22-9-4-2-5-10-22)23-11-6-3-7-12-23/h2-17,30,36H,19H2,1H3,(H,37,40). The first kappa shape index (κ1) is 29.1. The summed E-state index contributed by atoms with van der Waals surface area (Å²) in [4.78, 5) is 28.9. The second-order valence-corrected chi connectivity index (χ2v) is 11.1. The Morgan fingerprint density at radius 1 is 1.00 bits per heavy atom. The number of dihydropyridines is 1. The minimum atomic E-state index is -0.811. The fourth-order valence-electron chi connectivity index (χ4n) is 4.64. The molecule has 3 aromatic carbocycles. The van der Waals surface area contributed by atoms with Crippen molar-refractivity contribution in [3.8, 4) is 6.07 Å². The average molecular weight is 616 g/mol. The van der Waals surface area contributed by atoms with Gasteiger partial charge >= 0.3 is 0 Å². The Labute approximate surface area is 257 Å².